The number of nitrogens with zero attached hydrogens (tertiary/aromatic N) is 1. The topological polar surface area (TPSA) is 37.9 Å². The molecule has 24 heavy (non-hydrogen) atoms. The van der Waals surface area contributed by atoms with E-state index in [1.807, 2.05) is 18.3 Å². The van der Waals surface area contributed by atoms with Crippen LogP contribution in [0.4, 0.5) is 0 Å². The summed E-state index contributed by atoms with van der Waals surface area (Å²) >= 11 is 0. The number of hydrogen-bond donors (Lipinski definition) is 1. The lowest BCUT2D eigenvalue weighted by Gasteiger charge is -2.10. The van der Waals surface area contributed by atoms with Crippen LogP contribution in [-0.4, -0.2) is 16.8 Å². The molecule has 1 N–H and O–H groups in total. The maximum absolute atomic E-state index is 5.79. The van der Waals surface area contributed by atoms with Gasteiger partial charge in [-0.1, -0.05) is 35.9 Å². The van der Waals surface area contributed by atoms with E-state index in [0.29, 0.717) is 6.61 Å². The first kappa shape index (κ1) is 16.1. The maximum Gasteiger partial charge on any atom is 0.122 e. The van der Waals surface area contributed by atoms with Crippen molar-refractivity contribution in [2.75, 3.05) is 6.61 Å². The SMILES string of the molecule is C=CCCOc1ccc(-c2cn[nH]c2-c2cccc(C)c2)cc1C.[HH]. The van der Waals surface area contributed by atoms with Gasteiger partial charge in [0.15, 0.2) is 0 Å². The predicted octanol–water partition coefficient (Wildman–Crippen LogP) is 5.56. The van der Waals surface area contributed by atoms with Gasteiger partial charge in [-0.3, -0.25) is 5.10 Å². The predicted molar refractivity (Wildman–Crippen MR) is 101 cm³/mol. The number of benzene rings is 2. The average molecular weight is 320 g/mol. The van der Waals surface area contributed by atoms with Crippen molar-refractivity contribution in [2.24, 2.45) is 0 Å². The molecule has 3 rings (SSSR count). The zero-order valence-electron chi connectivity index (χ0n) is 14.2. The molecule has 0 atom stereocenters. The third kappa shape index (κ3) is 3.40. The van der Waals surface area contributed by atoms with Gasteiger partial charge in [-0.15, -0.1) is 6.58 Å². The van der Waals surface area contributed by atoms with Crippen LogP contribution in [0.1, 0.15) is 19.0 Å². The number of rotatable bonds is 6. The van der Waals surface area contributed by atoms with Crippen molar-refractivity contribution < 1.29 is 6.16 Å². The van der Waals surface area contributed by atoms with Crippen molar-refractivity contribution in [1.29, 1.82) is 0 Å². The summed E-state index contributed by atoms with van der Waals surface area (Å²) in [7, 11) is 0. The fourth-order valence-electron chi connectivity index (χ4n) is 2.76. The Morgan fingerprint density at radius 3 is 2.79 bits per heavy atom. The Morgan fingerprint density at radius 2 is 2.04 bits per heavy atom. The third-order valence-corrected chi connectivity index (χ3v) is 4.01. The first-order valence-corrected chi connectivity index (χ1v) is 8.14. The molecule has 2 aromatic carbocycles. The van der Waals surface area contributed by atoms with Gasteiger partial charge in [0, 0.05) is 12.6 Å². The first-order chi connectivity index (χ1) is 11.7. The monoisotopic (exact) mass is 320 g/mol. The Balaban J connectivity index is 0.00000225. The lowest BCUT2D eigenvalue weighted by atomic mass is 9.99. The lowest BCUT2D eigenvalue weighted by Crippen LogP contribution is -1.97. The summed E-state index contributed by atoms with van der Waals surface area (Å²) in [5.74, 6) is 0.918. The van der Waals surface area contributed by atoms with Gasteiger partial charge in [-0.2, -0.15) is 5.10 Å². The van der Waals surface area contributed by atoms with Gasteiger partial charge in [0.25, 0.3) is 0 Å². The summed E-state index contributed by atoms with van der Waals surface area (Å²) < 4.78 is 5.79. The van der Waals surface area contributed by atoms with Crippen molar-refractivity contribution in [1.82, 2.24) is 10.2 Å². The van der Waals surface area contributed by atoms with E-state index in [9.17, 15) is 0 Å². The van der Waals surface area contributed by atoms with E-state index in [0.717, 1.165) is 40.1 Å². The molecule has 0 spiro atoms. The number of ether oxygens (including phenoxy) is 1. The molecule has 0 saturated heterocycles. The summed E-state index contributed by atoms with van der Waals surface area (Å²) in [6.07, 6.45) is 4.59. The lowest BCUT2D eigenvalue weighted by molar-refractivity contribution is 0.323. The molecule has 0 unspecified atom stereocenters. The number of aromatic nitrogens is 2. The van der Waals surface area contributed by atoms with Crippen LogP contribution in [0.5, 0.6) is 5.75 Å². The summed E-state index contributed by atoms with van der Waals surface area (Å²) in [5, 5.41) is 7.38. The minimum absolute atomic E-state index is 0. The quantitative estimate of drug-likeness (QED) is 0.477. The molecule has 0 fully saturated rings. The molecule has 1 heterocycles. The Labute approximate surface area is 144 Å². The number of nitrogens with one attached hydrogen (secondary N) is 1. The van der Waals surface area contributed by atoms with Gasteiger partial charge >= 0.3 is 0 Å². The number of aromatic amines is 1. The van der Waals surface area contributed by atoms with Crippen molar-refractivity contribution >= 4 is 0 Å². The van der Waals surface area contributed by atoms with E-state index >= 15 is 0 Å². The highest BCUT2D eigenvalue weighted by Gasteiger charge is 2.11. The van der Waals surface area contributed by atoms with Crippen LogP contribution in [0.25, 0.3) is 22.4 Å². The highest BCUT2D eigenvalue weighted by atomic mass is 16.5. The van der Waals surface area contributed by atoms with Crippen LogP contribution < -0.4 is 4.74 Å². The number of hydrogen-bond acceptors (Lipinski definition) is 2. The molecule has 0 aliphatic rings. The molecule has 3 heteroatoms. The molecule has 1 aromatic heterocycles. The van der Waals surface area contributed by atoms with Crippen LogP contribution >= 0.6 is 0 Å². The van der Waals surface area contributed by atoms with Crippen LogP contribution in [-0.2, 0) is 0 Å². The average Bonchev–Trinajstić information content (AvgIpc) is 3.06. The van der Waals surface area contributed by atoms with Crippen molar-refractivity contribution in [3.8, 4) is 28.1 Å². The standard InChI is InChI=1S/C21H22N2O.H2/c1-4-5-11-24-20-10-9-17(13-16(20)3)19-14-22-23-21(19)18-8-6-7-15(2)12-18;/h4,6-10,12-14H,1,5,11H2,2-3H3,(H,22,23);1H. The van der Waals surface area contributed by atoms with Gasteiger partial charge in [0.1, 0.15) is 5.75 Å². The first-order valence-electron chi connectivity index (χ1n) is 8.14. The van der Waals surface area contributed by atoms with E-state index in [2.05, 4.69) is 67.0 Å². The number of aryl methyl sites for hydroxylation is 2. The summed E-state index contributed by atoms with van der Waals surface area (Å²) in [6.45, 7) is 8.54. The van der Waals surface area contributed by atoms with E-state index in [1.165, 1.54) is 5.56 Å². The van der Waals surface area contributed by atoms with Gasteiger partial charge in [0.2, 0.25) is 0 Å². The van der Waals surface area contributed by atoms with E-state index in [1.54, 1.807) is 0 Å². The molecule has 124 valence electrons. The summed E-state index contributed by atoms with van der Waals surface area (Å²) in [6, 6.07) is 14.7. The second-order valence-electron chi connectivity index (χ2n) is 5.93. The second-order valence-corrected chi connectivity index (χ2v) is 5.93. The van der Waals surface area contributed by atoms with Crippen LogP contribution in [0.3, 0.4) is 0 Å². The molecular weight excluding hydrogens is 296 g/mol. The summed E-state index contributed by atoms with van der Waals surface area (Å²) in [5.41, 5.74) is 6.77. The Morgan fingerprint density at radius 1 is 1.17 bits per heavy atom. The zero-order valence-corrected chi connectivity index (χ0v) is 14.2. The van der Waals surface area contributed by atoms with E-state index in [-0.39, 0.29) is 1.43 Å². The Hall–Kier alpha value is -2.81. The smallest absolute Gasteiger partial charge is 0.122 e. The molecule has 0 saturated carbocycles. The molecule has 0 amide bonds. The van der Waals surface area contributed by atoms with E-state index < -0.39 is 0 Å². The fraction of sp³-hybridized carbons (Fsp3) is 0.190. The molecule has 0 aliphatic heterocycles. The molecule has 0 radical (unpaired) electrons. The minimum atomic E-state index is 0. The molecule has 0 aliphatic carbocycles. The second kappa shape index (κ2) is 7.18. The largest absolute Gasteiger partial charge is 0.493 e. The highest BCUT2D eigenvalue weighted by molar-refractivity contribution is 5.81. The van der Waals surface area contributed by atoms with Gasteiger partial charge in [-0.25, -0.2) is 0 Å². The van der Waals surface area contributed by atoms with Crippen LogP contribution in [0.2, 0.25) is 0 Å². The maximum atomic E-state index is 5.79. The zero-order chi connectivity index (χ0) is 16.9. The normalized spacial score (nSPS) is 10.6. The van der Waals surface area contributed by atoms with Gasteiger partial charge in [-0.05, 0) is 49.6 Å². The highest BCUT2D eigenvalue weighted by Crippen LogP contribution is 2.33. The van der Waals surface area contributed by atoms with Crippen molar-refractivity contribution in [3.63, 3.8) is 0 Å². The Bertz CT molecular complexity index is 855. The van der Waals surface area contributed by atoms with Crippen LogP contribution in [0, 0.1) is 13.8 Å². The fourth-order valence-corrected chi connectivity index (χ4v) is 2.76. The number of H-pyrrole nitrogens is 1. The van der Waals surface area contributed by atoms with E-state index in [4.69, 9.17) is 4.74 Å². The molecular formula is C21H24N2O. The molecule has 3 nitrogen and oxygen atoms in total. The Kier molecular flexibility index (Phi) is 4.80. The van der Waals surface area contributed by atoms with Gasteiger partial charge in [0.05, 0.1) is 18.5 Å². The van der Waals surface area contributed by atoms with Crippen molar-refractivity contribution in [2.45, 2.75) is 20.3 Å². The third-order valence-electron chi connectivity index (χ3n) is 4.01. The minimum Gasteiger partial charge on any atom is -0.493 e. The molecule has 0 bridgehead atoms. The van der Waals surface area contributed by atoms with Crippen molar-refractivity contribution in [3.05, 3.63) is 72.4 Å². The molecule has 3 aromatic rings. The van der Waals surface area contributed by atoms with Crippen LogP contribution in [0.15, 0.2) is 61.3 Å². The summed E-state index contributed by atoms with van der Waals surface area (Å²) in [4.78, 5) is 0. The van der Waals surface area contributed by atoms with Gasteiger partial charge < -0.3 is 4.74 Å².